The summed E-state index contributed by atoms with van der Waals surface area (Å²) in [7, 11) is 1.91. The highest BCUT2D eigenvalue weighted by molar-refractivity contribution is 5.78. The van der Waals surface area contributed by atoms with E-state index in [0.717, 1.165) is 24.1 Å². The lowest BCUT2D eigenvalue weighted by atomic mass is 9.87. The fourth-order valence-corrected chi connectivity index (χ4v) is 3.89. The Bertz CT molecular complexity index is 736. The number of carbonyl (C=O) groups excluding carboxylic acids is 1. The highest BCUT2D eigenvalue weighted by Crippen LogP contribution is 2.64. The number of aliphatic hydroxyl groups excluding tert-OH is 1. The third kappa shape index (κ3) is 3.47. The topological polar surface area (TPSA) is 40.5 Å². The van der Waals surface area contributed by atoms with Crippen molar-refractivity contribution in [1.29, 1.82) is 0 Å². The van der Waals surface area contributed by atoms with Crippen LogP contribution in [0.25, 0.3) is 0 Å². The fourth-order valence-electron chi connectivity index (χ4n) is 3.89. The Kier molecular flexibility index (Phi) is 4.70. The Morgan fingerprint density at radius 2 is 1.60 bits per heavy atom. The number of rotatable bonds is 6. The van der Waals surface area contributed by atoms with Crippen molar-refractivity contribution in [2.45, 2.75) is 38.7 Å². The Labute approximate surface area is 150 Å². The van der Waals surface area contributed by atoms with Gasteiger partial charge in [0.15, 0.2) is 0 Å². The lowest BCUT2D eigenvalue weighted by Gasteiger charge is -2.28. The van der Waals surface area contributed by atoms with E-state index in [1.807, 2.05) is 42.3 Å². The molecule has 3 rings (SSSR count). The van der Waals surface area contributed by atoms with E-state index in [0.29, 0.717) is 6.42 Å². The highest BCUT2D eigenvalue weighted by Gasteiger charge is 2.62. The van der Waals surface area contributed by atoms with E-state index in [9.17, 15) is 4.79 Å². The van der Waals surface area contributed by atoms with Crippen molar-refractivity contribution < 1.29 is 9.90 Å². The Hall–Kier alpha value is -2.13. The van der Waals surface area contributed by atoms with Crippen LogP contribution < -0.4 is 0 Å². The molecule has 0 aliphatic heterocycles. The zero-order chi connectivity index (χ0) is 18.1. The van der Waals surface area contributed by atoms with E-state index in [4.69, 9.17) is 5.11 Å². The average molecular weight is 337 g/mol. The van der Waals surface area contributed by atoms with Gasteiger partial charge >= 0.3 is 0 Å². The van der Waals surface area contributed by atoms with Crippen molar-refractivity contribution in [2.75, 3.05) is 13.6 Å². The molecule has 0 radical (unpaired) electrons. The van der Waals surface area contributed by atoms with Crippen molar-refractivity contribution >= 4 is 5.91 Å². The van der Waals surface area contributed by atoms with Crippen LogP contribution in [0.15, 0.2) is 54.6 Å². The normalized spacial score (nSPS) is 21.0. The van der Waals surface area contributed by atoms with Gasteiger partial charge < -0.3 is 10.0 Å². The monoisotopic (exact) mass is 337 g/mol. The van der Waals surface area contributed by atoms with Gasteiger partial charge in [0.25, 0.3) is 0 Å². The predicted octanol–water partition coefficient (Wildman–Crippen LogP) is 3.55. The maximum Gasteiger partial charge on any atom is 0.226 e. The van der Waals surface area contributed by atoms with Crippen molar-refractivity contribution in [3.63, 3.8) is 0 Å². The molecule has 0 heterocycles. The summed E-state index contributed by atoms with van der Waals surface area (Å²) < 4.78 is 0. The molecule has 25 heavy (non-hydrogen) atoms. The molecule has 0 aromatic heterocycles. The van der Waals surface area contributed by atoms with Crippen molar-refractivity contribution in [3.8, 4) is 0 Å². The van der Waals surface area contributed by atoms with Crippen LogP contribution in [0.5, 0.6) is 0 Å². The van der Waals surface area contributed by atoms with Crippen LogP contribution in [0.3, 0.4) is 0 Å². The van der Waals surface area contributed by atoms with Crippen molar-refractivity contribution in [3.05, 3.63) is 71.3 Å². The fraction of sp³-hybridized carbons (Fsp3) is 0.409. The molecule has 132 valence electrons. The summed E-state index contributed by atoms with van der Waals surface area (Å²) in [6, 6.07) is 18.2. The first-order valence-electron chi connectivity index (χ1n) is 8.86. The molecule has 3 heteroatoms. The van der Waals surface area contributed by atoms with Gasteiger partial charge in [0.05, 0.1) is 13.0 Å². The van der Waals surface area contributed by atoms with Crippen LogP contribution in [0.4, 0.5) is 0 Å². The van der Waals surface area contributed by atoms with E-state index >= 15 is 0 Å². The second-order valence-corrected chi connectivity index (χ2v) is 7.91. The summed E-state index contributed by atoms with van der Waals surface area (Å²) >= 11 is 0. The number of aliphatic hydroxyl groups is 1. The average Bonchev–Trinajstić information content (AvgIpc) is 3.18. The summed E-state index contributed by atoms with van der Waals surface area (Å²) in [4.78, 5) is 14.6. The first-order valence-corrected chi connectivity index (χ1v) is 8.86. The molecule has 1 fully saturated rings. The van der Waals surface area contributed by atoms with Gasteiger partial charge in [-0.25, -0.2) is 0 Å². The number of benzene rings is 2. The molecule has 0 bridgehead atoms. The Morgan fingerprint density at radius 1 is 1.04 bits per heavy atom. The Balaban J connectivity index is 1.70. The maximum absolute atomic E-state index is 12.7. The highest BCUT2D eigenvalue weighted by atomic mass is 16.3. The van der Waals surface area contributed by atoms with E-state index in [-0.39, 0.29) is 23.3 Å². The number of hydrogen-bond acceptors (Lipinski definition) is 2. The number of nitrogens with zero attached hydrogens (tertiary/aromatic N) is 1. The van der Waals surface area contributed by atoms with E-state index in [1.54, 1.807) is 0 Å². The standard InChI is InChI=1S/C22H27NO2/c1-21(2)15-22(21,19-7-5-4-6-8-19)16-23(3)20(25)13-17-9-11-18(14-24)12-10-17/h4-12,24H,13-16H2,1-3H3. The summed E-state index contributed by atoms with van der Waals surface area (Å²) in [5.74, 6) is 0.134. The summed E-state index contributed by atoms with van der Waals surface area (Å²) in [6.45, 7) is 5.35. The van der Waals surface area contributed by atoms with Crippen LogP contribution in [0, 0.1) is 5.41 Å². The van der Waals surface area contributed by atoms with Crippen molar-refractivity contribution in [2.24, 2.45) is 5.41 Å². The molecule has 1 unspecified atom stereocenters. The molecule has 2 aromatic carbocycles. The molecule has 1 aliphatic carbocycles. The van der Waals surface area contributed by atoms with Crippen molar-refractivity contribution in [1.82, 2.24) is 4.90 Å². The number of likely N-dealkylation sites (N-methyl/N-ethyl adjacent to an activating group) is 1. The lowest BCUT2D eigenvalue weighted by Crippen LogP contribution is -2.37. The van der Waals surface area contributed by atoms with E-state index in [1.165, 1.54) is 5.56 Å². The first kappa shape index (κ1) is 17.7. The summed E-state index contributed by atoms with van der Waals surface area (Å²) in [6.07, 6.45) is 1.50. The summed E-state index contributed by atoms with van der Waals surface area (Å²) in [5, 5.41) is 9.12. The third-order valence-corrected chi connectivity index (χ3v) is 5.73. The SMILES string of the molecule is CN(CC1(c2ccccc2)CC1(C)C)C(=O)Cc1ccc(CO)cc1. The van der Waals surface area contributed by atoms with Gasteiger partial charge in [0, 0.05) is 19.0 Å². The van der Waals surface area contributed by atoms with Gasteiger partial charge in [-0.1, -0.05) is 68.4 Å². The van der Waals surface area contributed by atoms with Gasteiger partial charge in [0.2, 0.25) is 5.91 Å². The zero-order valence-electron chi connectivity index (χ0n) is 15.3. The molecule has 1 aliphatic rings. The van der Waals surface area contributed by atoms with Gasteiger partial charge in [-0.05, 0) is 28.5 Å². The van der Waals surface area contributed by atoms with Crippen LogP contribution in [-0.2, 0) is 23.2 Å². The molecule has 0 spiro atoms. The van der Waals surface area contributed by atoms with Crippen LogP contribution in [0.1, 0.15) is 37.0 Å². The largest absolute Gasteiger partial charge is 0.392 e. The molecular weight excluding hydrogens is 310 g/mol. The van der Waals surface area contributed by atoms with Crippen LogP contribution in [0.2, 0.25) is 0 Å². The number of amides is 1. The zero-order valence-corrected chi connectivity index (χ0v) is 15.3. The van der Waals surface area contributed by atoms with Crippen LogP contribution in [-0.4, -0.2) is 29.5 Å². The third-order valence-electron chi connectivity index (χ3n) is 5.73. The molecule has 2 aromatic rings. The molecular formula is C22H27NO2. The quantitative estimate of drug-likeness (QED) is 0.876. The molecule has 1 saturated carbocycles. The first-order chi connectivity index (χ1) is 11.9. The molecule has 1 N–H and O–H groups in total. The molecule has 1 atom stereocenters. The Morgan fingerprint density at radius 3 is 2.12 bits per heavy atom. The van der Waals surface area contributed by atoms with Gasteiger partial charge in [0.1, 0.15) is 0 Å². The second-order valence-electron chi connectivity index (χ2n) is 7.91. The second kappa shape index (κ2) is 6.64. The van der Waals surface area contributed by atoms with E-state index in [2.05, 4.69) is 38.1 Å². The molecule has 1 amide bonds. The molecule has 0 saturated heterocycles. The molecule has 3 nitrogen and oxygen atoms in total. The van der Waals surface area contributed by atoms with Gasteiger partial charge in [-0.3, -0.25) is 4.79 Å². The van der Waals surface area contributed by atoms with Gasteiger partial charge in [-0.15, -0.1) is 0 Å². The maximum atomic E-state index is 12.7. The predicted molar refractivity (Wildman–Crippen MR) is 100 cm³/mol. The number of carbonyl (C=O) groups is 1. The van der Waals surface area contributed by atoms with E-state index < -0.39 is 0 Å². The van der Waals surface area contributed by atoms with Crippen LogP contribution >= 0.6 is 0 Å². The minimum atomic E-state index is 0.0306. The minimum absolute atomic E-state index is 0.0306. The summed E-state index contributed by atoms with van der Waals surface area (Å²) in [5.41, 5.74) is 3.45. The minimum Gasteiger partial charge on any atom is -0.392 e. The lowest BCUT2D eigenvalue weighted by molar-refractivity contribution is -0.129. The smallest absolute Gasteiger partial charge is 0.226 e. The van der Waals surface area contributed by atoms with Gasteiger partial charge in [-0.2, -0.15) is 0 Å². The number of hydrogen-bond donors (Lipinski definition) is 1.